The number of thiophene rings is 1. The van der Waals surface area contributed by atoms with Crippen molar-refractivity contribution >= 4 is 27.3 Å². The van der Waals surface area contributed by atoms with Gasteiger partial charge in [0, 0.05) is 4.88 Å². The third-order valence-electron chi connectivity index (χ3n) is 3.00. The van der Waals surface area contributed by atoms with Crippen LogP contribution in [0.2, 0.25) is 0 Å². The summed E-state index contributed by atoms with van der Waals surface area (Å²) in [5.41, 5.74) is 2.56. The van der Waals surface area contributed by atoms with Gasteiger partial charge in [0.2, 0.25) is 0 Å². The van der Waals surface area contributed by atoms with Crippen molar-refractivity contribution in [3.63, 3.8) is 0 Å². The molecule has 0 fully saturated rings. The molecule has 19 heavy (non-hydrogen) atoms. The van der Waals surface area contributed by atoms with E-state index < -0.39 is 0 Å². The fourth-order valence-electron chi connectivity index (χ4n) is 2.11. The summed E-state index contributed by atoms with van der Waals surface area (Å²) in [6.07, 6.45) is 0. The molecule has 1 aromatic carbocycles. The van der Waals surface area contributed by atoms with E-state index in [0.29, 0.717) is 0 Å². The zero-order valence-corrected chi connectivity index (χ0v) is 13.8. The van der Waals surface area contributed by atoms with E-state index in [9.17, 15) is 0 Å². The molecule has 102 valence electrons. The molecule has 4 heteroatoms. The van der Waals surface area contributed by atoms with E-state index in [4.69, 9.17) is 4.74 Å². The predicted octanol–water partition coefficient (Wildman–Crippen LogP) is 4.53. The number of benzene rings is 1. The molecule has 0 radical (unpaired) electrons. The highest BCUT2D eigenvalue weighted by molar-refractivity contribution is 9.10. The lowest BCUT2D eigenvalue weighted by Crippen LogP contribution is -2.21. The number of ether oxygens (including phenoxy) is 1. The summed E-state index contributed by atoms with van der Waals surface area (Å²) in [6, 6.07) is 8.72. The minimum absolute atomic E-state index is 0.233. The minimum atomic E-state index is 0.233. The first kappa shape index (κ1) is 14.6. The topological polar surface area (TPSA) is 21.3 Å². The van der Waals surface area contributed by atoms with Gasteiger partial charge in [0.25, 0.3) is 0 Å². The lowest BCUT2D eigenvalue weighted by atomic mass is 10.0. The van der Waals surface area contributed by atoms with Gasteiger partial charge in [-0.3, -0.25) is 0 Å². The minimum Gasteiger partial charge on any atom is -0.496 e. The van der Waals surface area contributed by atoms with Crippen LogP contribution >= 0.6 is 27.3 Å². The van der Waals surface area contributed by atoms with Crippen molar-refractivity contribution < 1.29 is 4.74 Å². The van der Waals surface area contributed by atoms with Gasteiger partial charge in [-0.15, -0.1) is 11.3 Å². The molecule has 1 unspecified atom stereocenters. The molecule has 0 saturated heterocycles. The largest absolute Gasteiger partial charge is 0.496 e. The maximum atomic E-state index is 5.28. The second-order valence-corrected chi connectivity index (χ2v) is 6.35. The second kappa shape index (κ2) is 6.55. The Balaban J connectivity index is 2.36. The standard InChI is InChI=1S/C15H18BrNOS/c1-4-17-15(12-7-10(2)19-9-12)11-5-6-14(18-3)13(16)8-11/h5-9,15,17H,4H2,1-3H3. The van der Waals surface area contributed by atoms with Crippen LogP contribution in [0.5, 0.6) is 5.75 Å². The highest BCUT2D eigenvalue weighted by atomic mass is 79.9. The monoisotopic (exact) mass is 339 g/mol. The first-order valence-corrected chi connectivity index (χ1v) is 7.94. The molecule has 1 N–H and O–H groups in total. The molecular formula is C15H18BrNOS. The summed E-state index contributed by atoms with van der Waals surface area (Å²) in [7, 11) is 1.68. The Morgan fingerprint density at radius 1 is 1.32 bits per heavy atom. The van der Waals surface area contributed by atoms with Crippen LogP contribution < -0.4 is 10.1 Å². The molecule has 0 spiro atoms. The van der Waals surface area contributed by atoms with E-state index in [-0.39, 0.29) is 6.04 Å². The highest BCUT2D eigenvalue weighted by Gasteiger charge is 2.15. The molecule has 0 bridgehead atoms. The van der Waals surface area contributed by atoms with Gasteiger partial charge in [-0.1, -0.05) is 13.0 Å². The smallest absolute Gasteiger partial charge is 0.133 e. The molecule has 2 rings (SSSR count). The third-order valence-corrected chi connectivity index (χ3v) is 4.50. The molecule has 2 nitrogen and oxygen atoms in total. The zero-order valence-electron chi connectivity index (χ0n) is 11.4. The Bertz CT molecular complexity index is 553. The van der Waals surface area contributed by atoms with Crippen LogP contribution in [-0.4, -0.2) is 13.7 Å². The lowest BCUT2D eigenvalue weighted by Gasteiger charge is -2.18. The normalized spacial score (nSPS) is 12.4. The van der Waals surface area contributed by atoms with Gasteiger partial charge < -0.3 is 10.1 Å². The van der Waals surface area contributed by atoms with Crippen molar-refractivity contribution in [1.29, 1.82) is 0 Å². The Morgan fingerprint density at radius 2 is 2.11 bits per heavy atom. The van der Waals surface area contributed by atoms with Crippen molar-refractivity contribution in [2.75, 3.05) is 13.7 Å². The van der Waals surface area contributed by atoms with Crippen LogP contribution in [0.25, 0.3) is 0 Å². The Kier molecular flexibility index (Phi) is 5.02. The number of aryl methyl sites for hydroxylation is 1. The van der Waals surface area contributed by atoms with E-state index >= 15 is 0 Å². The summed E-state index contributed by atoms with van der Waals surface area (Å²) < 4.78 is 6.27. The molecule has 1 aromatic heterocycles. The van der Waals surface area contributed by atoms with Crippen molar-refractivity contribution in [2.45, 2.75) is 19.9 Å². The lowest BCUT2D eigenvalue weighted by molar-refractivity contribution is 0.412. The molecule has 0 aliphatic rings. The summed E-state index contributed by atoms with van der Waals surface area (Å²) in [5, 5.41) is 5.76. The van der Waals surface area contributed by atoms with Crippen molar-refractivity contribution in [2.24, 2.45) is 0 Å². The highest BCUT2D eigenvalue weighted by Crippen LogP contribution is 2.32. The van der Waals surface area contributed by atoms with Gasteiger partial charge in [-0.05, 0) is 64.1 Å². The SMILES string of the molecule is CCNC(c1csc(C)c1)c1ccc(OC)c(Br)c1. The first-order chi connectivity index (χ1) is 9.15. The molecule has 2 aromatic rings. The second-order valence-electron chi connectivity index (χ2n) is 4.38. The number of methoxy groups -OCH3 is 1. The van der Waals surface area contributed by atoms with Crippen LogP contribution in [0.3, 0.4) is 0 Å². The van der Waals surface area contributed by atoms with Crippen LogP contribution in [0, 0.1) is 6.92 Å². The third kappa shape index (κ3) is 3.38. The molecular weight excluding hydrogens is 322 g/mol. The van der Waals surface area contributed by atoms with E-state index in [2.05, 4.69) is 58.7 Å². The summed E-state index contributed by atoms with van der Waals surface area (Å²) >= 11 is 5.34. The molecule has 0 aliphatic carbocycles. The van der Waals surface area contributed by atoms with E-state index in [0.717, 1.165) is 16.8 Å². The van der Waals surface area contributed by atoms with Gasteiger partial charge >= 0.3 is 0 Å². The Hall–Kier alpha value is -0.840. The van der Waals surface area contributed by atoms with Crippen molar-refractivity contribution in [3.8, 4) is 5.75 Å². The van der Waals surface area contributed by atoms with Gasteiger partial charge in [0.15, 0.2) is 0 Å². The number of nitrogens with one attached hydrogen (secondary N) is 1. The number of rotatable bonds is 5. The van der Waals surface area contributed by atoms with Crippen LogP contribution in [-0.2, 0) is 0 Å². The van der Waals surface area contributed by atoms with E-state index in [1.807, 2.05) is 6.07 Å². The molecule has 0 saturated carbocycles. The van der Waals surface area contributed by atoms with Gasteiger partial charge in [-0.2, -0.15) is 0 Å². The van der Waals surface area contributed by atoms with Crippen molar-refractivity contribution in [3.05, 3.63) is 50.1 Å². The average molecular weight is 340 g/mol. The summed E-state index contributed by atoms with van der Waals surface area (Å²) in [4.78, 5) is 1.34. The first-order valence-electron chi connectivity index (χ1n) is 6.27. The molecule has 0 aliphatic heterocycles. The van der Waals surface area contributed by atoms with E-state index in [1.165, 1.54) is 16.0 Å². The predicted molar refractivity (Wildman–Crippen MR) is 85.3 cm³/mol. The van der Waals surface area contributed by atoms with Gasteiger partial charge in [-0.25, -0.2) is 0 Å². The summed E-state index contributed by atoms with van der Waals surface area (Å²) in [6.45, 7) is 5.20. The molecule has 1 heterocycles. The fraction of sp³-hybridized carbons (Fsp3) is 0.333. The zero-order chi connectivity index (χ0) is 13.8. The molecule has 0 amide bonds. The Labute approximate surface area is 126 Å². The quantitative estimate of drug-likeness (QED) is 0.864. The average Bonchev–Trinajstić information content (AvgIpc) is 2.82. The van der Waals surface area contributed by atoms with Crippen LogP contribution in [0.1, 0.15) is 29.0 Å². The van der Waals surface area contributed by atoms with Gasteiger partial charge in [0.1, 0.15) is 5.75 Å². The maximum Gasteiger partial charge on any atom is 0.133 e. The number of hydrogen-bond acceptors (Lipinski definition) is 3. The van der Waals surface area contributed by atoms with Gasteiger partial charge in [0.05, 0.1) is 17.6 Å². The van der Waals surface area contributed by atoms with Crippen LogP contribution in [0.15, 0.2) is 34.1 Å². The van der Waals surface area contributed by atoms with Crippen molar-refractivity contribution in [1.82, 2.24) is 5.32 Å². The molecule has 1 atom stereocenters. The van der Waals surface area contributed by atoms with Crippen LogP contribution in [0.4, 0.5) is 0 Å². The maximum absolute atomic E-state index is 5.28. The fourth-order valence-corrected chi connectivity index (χ4v) is 3.40. The Morgan fingerprint density at radius 3 is 2.63 bits per heavy atom. The number of hydrogen-bond donors (Lipinski definition) is 1. The summed E-state index contributed by atoms with van der Waals surface area (Å²) in [5.74, 6) is 0.862. The number of halogens is 1. The van der Waals surface area contributed by atoms with E-state index in [1.54, 1.807) is 18.4 Å².